The molecule has 2 fully saturated rings. The summed E-state index contributed by atoms with van der Waals surface area (Å²) in [6, 6.07) is 25.5. The number of carbonyl (C=O) groups excluding carboxylic acids is 2. The predicted molar refractivity (Wildman–Crippen MR) is 173 cm³/mol. The maximum atomic E-state index is 12.6. The standard InChI is InChI=1S/C21H25NO5S.C14H19NO3/c1-3-18-13-22(21(23)26-15-17-7-5-4-6-8-17)14-20(18)27-28(24,25)19-11-9-16(2)10-12-19;1-2-12-8-15(9-13(12)16)14(17)18-10-11-6-4-3-5-7-11/h4-12,18,20H,3,13-15H2,1-2H3;3-7,12-13,16H,2,8-10H2,1H3/t18-,20-;12-,13-/m00/s1. The topological polar surface area (TPSA) is 123 Å². The summed E-state index contributed by atoms with van der Waals surface area (Å²) in [5, 5.41) is 9.74. The van der Waals surface area contributed by atoms with Gasteiger partial charge < -0.3 is 24.4 Å². The van der Waals surface area contributed by atoms with Crippen LogP contribution in [0.5, 0.6) is 0 Å². The number of nitrogens with zero attached hydrogens (tertiary/aromatic N) is 2. The number of aryl methyl sites for hydroxylation is 1. The van der Waals surface area contributed by atoms with E-state index in [9.17, 15) is 23.1 Å². The van der Waals surface area contributed by atoms with Crippen molar-refractivity contribution in [2.24, 2.45) is 11.8 Å². The fourth-order valence-corrected chi connectivity index (χ4v) is 6.56. The zero-order valence-corrected chi connectivity index (χ0v) is 27.5. The maximum absolute atomic E-state index is 12.6. The molecule has 4 atom stereocenters. The Morgan fingerprint density at radius 1 is 0.717 bits per heavy atom. The molecule has 10 nitrogen and oxygen atoms in total. The van der Waals surface area contributed by atoms with Crippen molar-refractivity contribution >= 4 is 22.3 Å². The first-order valence-electron chi connectivity index (χ1n) is 15.7. The Morgan fingerprint density at radius 2 is 1.20 bits per heavy atom. The van der Waals surface area contributed by atoms with Crippen molar-refractivity contribution in [3.63, 3.8) is 0 Å². The van der Waals surface area contributed by atoms with E-state index in [4.69, 9.17) is 13.7 Å². The van der Waals surface area contributed by atoms with Gasteiger partial charge in [-0.15, -0.1) is 0 Å². The molecule has 0 bridgehead atoms. The first-order chi connectivity index (χ1) is 22.1. The summed E-state index contributed by atoms with van der Waals surface area (Å²) >= 11 is 0. The predicted octanol–water partition coefficient (Wildman–Crippen LogP) is 5.77. The van der Waals surface area contributed by atoms with Crippen LogP contribution in [0, 0.1) is 18.8 Å². The molecule has 3 aromatic rings. The van der Waals surface area contributed by atoms with Gasteiger partial charge >= 0.3 is 12.2 Å². The van der Waals surface area contributed by atoms with Crippen LogP contribution >= 0.6 is 0 Å². The summed E-state index contributed by atoms with van der Waals surface area (Å²) in [5.74, 6) is 0.110. The van der Waals surface area contributed by atoms with Gasteiger partial charge in [-0.2, -0.15) is 8.42 Å². The Balaban J connectivity index is 0.000000230. The van der Waals surface area contributed by atoms with Crippen molar-refractivity contribution in [2.45, 2.75) is 63.9 Å². The van der Waals surface area contributed by atoms with Crippen molar-refractivity contribution in [3.05, 3.63) is 102 Å². The van der Waals surface area contributed by atoms with Crippen LogP contribution in [0.4, 0.5) is 9.59 Å². The van der Waals surface area contributed by atoms with Gasteiger partial charge in [-0.3, -0.25) is 4.18 Å². The van der Waals surface area contributed by atoms with Gasteiger partial charge in [0.15, 0.2) is 0 Å². The highest BCUT2D eigenvalue weighted by atomic mass is 32.2. The molecule has 5 rings (SSSR count). The van der Waals surface area contributed by atoms with E-state index in [1.54, 1.807) is 17.0 Å². The third-order valence-corrected chi connectivity index (χ3v) is 9.67. The molecule has 2 heterocycles. The Bertz CT molecular complexity index is 1500. The van der Waals surface area contributed by atoms with E-state index in [-0.39, 0.29) is 42.6 Å². The van der Waals surface area contributed by atoms with Crippen LogP contribution in [0.25, 0.3) is 0 Å². The summed E-state index contributed by atoms with van der Waals surface area (Å²) in [6.45, 7) is 7.90. The molecule has 11 heteroatoms. The average Bonchev–Trinajstić information content (AvgIpc) is 3.66. The highest BCUT2D eigenvalue weighted by Gasteiger charge is 2.39. The number of aliphatic hydroxyl groups excluding tert-OH is 1. The summed E-state index contributed by atoms with van der Waals surface area (Å²) in [4.78, 5) is 27.4. The van der Waals surface area contributed by atoms with Crippen LogP contribution in [0.15, 0.2) is 89.8 Å². The molecule has 46 heavy (non-hydrogen) atoms. The first-order valence-corrected chi connectivity index (χ1v) is 17.1. The van der Waals surface area contributed by atoms with E-state index < -0.39 is 28.4 Å². The van der Waals surface area contributed by atoms with Gasteiger partial charge in [0.05, 0.1) is 30.2 Å². The van der Waals surface area contributed by atoms with E-state index in [1.165, 1.54) is 17.0 Å². The Kier molecular flexibility index (Phi) is 12.6. The second kappa shape index (κ2) is 16.6. The largest absolute Gasteiger partial charge is 0.445 e. The van der Waals surface area contributed by atoms with E-state index in [1.807, 2.05) is 81.4 Å². The minimum Gasteiger partial charge on any atom is -0.445 e. The number of carbonyl (C=O) groups is 2. The molecular formula is C35H44N2O8S. The minimum atomic E-state index is -3.89. The molecule has 0 radical (unpaired) electrons. The Morgan fingerprint density at radius 3 is 1.67 bits per heavy atom. The van der Waals surface area contributed by atoms with Gasteiger partial charge in [0.2, 0.25) is 0 Å². The smallest absolute Gasteiger partial charge is 0.410 e. The zero-order chi connectivity index (χ0) is 33.1. The lowest BCUT2D eigenvalue weighted by Gasteiger charge is -2.17. The number of ether oxygens (including phenoxy) is 2. The van der Waals surface area contributed by atoms with Gasteiger partial charge in [0.1, 0.15) is 13.2 Å². The van der Waals surface area contributed by atoms with Crippen molar-refractivity contribution in [1.29, 1.82) is 0 Å². The first kappa shape index (κ1) is 34.9. The third kappa shape index (κ3) is 9.78. The van der Waals surface area contributed by atoms with Gasteiger partial charge in [-0.05, 0) is 43.0 Å². The van der Waals surface area contributed by atoms with Crippen LogP contribution in [0.1, 0.15) is 43.4 Å². The SMILES string of the molecule is CC[C@H]1CN(C(=O)OCc2ccccc2)C[C@@H]1O.CC[C@H]1CN(C(=O)OCc2ccccc2)C[C@@H]1OS(=O)(=O)c1ccc(C)cc1. The van der Waals surface area contributed by atoms with Gasteiger partial charge in [0, 0.05) is 24.9 Å². The van der Waals surface area contributed by atoms with Crippen molar-refractivity contribution in [1.82, 2.24) is 9.80 Å². The fourth-order valence-electron chi connectivity index (χ4n) is 5.44. The molecule has 1 N–H and O–H groups in total. The number of β-amino-alcohol motifs (C(OH)–C–C–N with tert-alkyl or cyclic N) is 1. The highest BCUT2D eigenvalue weighted by Crippen LogP contribution is 2.27. The van der Waals surface area contributed by atoms with Crippen molar-refractivity contribution < 1.29 is 36.8 Å². The number of aliphatic hydroxyl groups is 1. The maximum Gasteiger partial charge on any atom is 0.410 e. The second-order valence-electron chi connectivity index (χ2n) is 11.7. The molecule has 2 aliphatic heterocycles. The second-order valence-corrected chi connectivity index (χ2v) is 13.3. The molecule has 2 saturated heterocycles. The van der Waals surface area contributed by atoms with Crippen molar-refractivity contribution in [3.8, 4) is 0 Å². The van der Waals surface area contributed by atoms with Crippen LogP contribution < -0.4 is 0 Å². The summed E-state index contributed by atoms with van der Waals surface area (Å²) in [5.41, 5.74) is 2.84. The van der Waals surface area contributed by atoms with Crippen molar-refractivity contribution in [2.75, 3.05) is 26.2 Å². The summed E-state index contributed by atoms with van der Waals surface area (Å²) < 4.78 is 41.3. The fraction of sp³-hybridized carbons (Fsp3) is 0.429. The van der Waals surface area contributed by atoms with Crippen LogP contribution in [0.3, 0.4) is 0 Å². The van der Waals surface area contributed by atoms with Crippen LogP contribution in [-0.2, 0) is 37.0 Å². The molecule has 2 amide bonds. The third-order valence-electron chi connectivity index (χ3n) is 8.32. The van der Waals surface area contributed by atoms with Gasteiger partial charge in [0.25, 0.3) is 10.1 Å². The average molecular weight is 653 g/mol. The van der Waals surface area contributed by atoms with E-state index in [2.05, 4.69) is 0 Å². The number of amides is 2. The molecule has 0 aliphatic carbocycles. The molecule has 0 aromatic heterocycles. The zero-order valence-electron chi connectivity index (χ0n) is 26.7. The number of benzene rings is 3. The molecule has 2 aliphatic rings. The summed E-state index contributed by atoms with van der Waals surface area (Å²) in [7, 11) is -3.89. The normalized spacial score (nSPS) is 21.0. The van der Waals surface area contributed by atoms with E-state index >= 15 is 0 Å². The molecule has 0 unspecified atom stereocenters. The van der Waals surface area contributed by atoms with E-state index in [0.29, 0.717) is 26.1 Å². The highest BCUT2D eigenvalue weighted by molar-refractivity contribution is 7.86. The number of rotatable bonds is 9. The molecular weight excluding hydrogens is 608 g/mol. The number of hydrogen-bond donors (Lipinski definition) is 1. The lowest BCUT2D eigenvalue weighted by atomic mass is 10.0. The summed E-state index contributed by atoms with van der Waals surface area (Å²) in [6.07, 6.45) is -0.213. The Labute approximate surface area is 272 Å². The molecule has 248 valence electrons. The Hall–Kier alpha value is -3.93. The monoisotopic (exact) mass is 652 g/mol. The minimum absolute atomic E-state index is 0.0653. The molecule has 0 saturated carbocycles. The number of hydrogen-bond acceptors (Lipinski definition) is 8. The van der Waals surface area contributed by atoms with E-state index in [0.717, 1.165) is 23.1 Å². The quantitative estimate of drug-likeness (QED) is 0.289. The lowest BCUT2D eigenvalue weighted by Crippen LogP contribution is -2.31. The van der Waals surface area contributed by atoms with Gasteiger partial charge in [-0.25, -0.2) is 9.59 Å². The van der Waals surface area contributed by atoms with Gasteiger partial charge in [-0.1, -0.05) is 92.2 Å². The lowest BCUT2D eigenvalue weighted by molar-refractivity contribution is 0.0966. The van der Waals surface area contributed by atoms with Crippen LogP contribution in [0.2, 0.25) is 0 Å². The number of likely N-dealkylation sites (tertiary alicyclic amines) is 2. The molecule has 3 aromatic carbocycles. The molecule has 0 spiro atoms. The van der Waals surface area contributed by atoms with Crippen LogP contribution in [-0.4, -0.2) is 73.9 Å².